The largest absolute Gasteiger partial charge is 0.342 e. The zero-order valence-electron chi connectivity index (χ0n) is 13.4. The predicted octanol–water partition coefficient (Wildman–Crippen LogP) is 5.47. The van der Waals surface area contributed by atoms with Gasteiger partial charge in [-0.3, -0.25) is 4.79 Å². The molecule has 3 heterocycles. The third-order valence-corrected chi connectivity index (χ3v) is 9.90. The summed E-state index contributed by atoms with van der Waals surface area (Å²) in [6.07, 6.45) is 6.78. The van der Waals surface area contributed by atoms with Gasteiger partial charge in [0.2, 0.25) is 5.91 Å². The summed E-state index contributed by atoms with van der Waals surface area (Å²) in [7, 11) is 4.06. The average Bonchev–Trinajstić information content (AvgIpc) is 3.22. The normalized spacial score (nSPS) is 25.5. The highest BCUT2D eigenvalue weighted by molar-refractivity contribution is 8.77. The zero-order valence-corrected chi connectivity index (χ0v) is 16.7. The van der Waals surface area contributed by atoms with Gasteiger partial charge in [-0.2, -0.15) is 11.8 Å². The van der Waals surface area contributed by atoms with Crippen LogP contribution in [-0.4, -0.2) is 40.7 Å². The molecule has 2 saturated heterocycles. The summed E-state index contributed by atoms with van der Waals surface area (Å²) in [5.41, 5.74) is 0. The highest BCUT2D eigenvalue weighted by atomic mass is 33.1. The summed E-state index contributed by atoms with van der Waals surface area (Å²) in [5.74, 6) is 2.76. The van der Waals surface area contributed by atoms with Gasteiger partial charge in [0.15, 0.2) is 0 Å². The molecule has 0 radical (unpaired) electrons. The molecule has 1 aromatic rings. The van der Waals surface area contributed by atoms with Crippen LogP contribution in [0.5, 0.6) is 0 Å². The predicted molar refractivity (Wildman–Crippen MR) is 108 cm³/mol. The van der Waals surface area contributed by atoms with Gasteiger partial charge in [-0.25, -0.2) is 0 Å². The number of carbonyl (C=O) groups excluding carboxylic acids is 1. The summed E-state index contributed by atoms with van der Waals surface area (Å²) in [6, 6.07) is 4.37. The highest BCUT2D eigenvalue weighted by Crippen LogP contribution is 2.40. The lowest BCUT2D eigenvalue weighted by molar-refractivity contribution is -0.131. The van der Waals surface area contributed by atoms with Crippen molar-refractivity contribution in [2.24, 2.45) is 0 Å². The van der Waals surface area contributed by atoms with Crippen molar-refractivity contribution < 1.29 is 4.79 Å². The van der Waals surface area contributed by atoms with E-state index in [0.717, 1.165) is 43.4 Å². The summed E-state index contributed by atoms with van der Waals surface area (Å²) in [4.78, 5) is 16.0. The minimum Gasteiger partial charge on any atom is -0.342 e. The third-order valence-electron chi connectivity index (χ3n) is 4.45. The molecule has 1 aromatic heterocycles. The van der Waals surface area contributed by atoms with Gasteiger partial charge in [0, 0.05) is 46.4 Å². The number of rotatable bonds is 6. The van der Waals surface area contributed by atoms with Crippen molar-refractivity contribution in [3.05, 3.63) is 22.4 Å². The van der Waals surface area contributed by atoms with Gasteiger partial charge in [-0.05, 0) is 37.1 Å². The second-order valence-corrected chi connectivity index (χ2v) is 11.2. The lowest BCUT2D eigenvalue weighted by Crippen LogP contribution is -2.32. The first kappa shape index (κ1) is 18.0. The number of carbonyl (C=O) groups is 1. The topological polar surface area (TPSA) is 20.3 Å². The summed E-state index contributed by atoms with van der Waals surface area (Å²) in [6.45, 7) is 1.87. The number of hydrogen-bond acceptors (Lipinski definition) is 5. The Labute approximate surface area is 155 Å². The van der Waals surface area contributed by atoms with Crippen molar-refractivity contribution in [1.29, 1.82) is 0 Å². The number of nitrogens with zero attached hydrogens (tertiary/aromatic N) is 1. The quantitative estimate of drug-likeness (QED) is 0.476. The molecule has 0 spiro atoms. The van der Waals surface area contributed by atoms with Crippen LogP contribution in [0.3, 0.4) is 0 Å². The van der Waals surface area contributed by atoms with Gasteiger partial charge in [0.05, 0.1) is 0 Å². The molecule has 2 aliphatic rings. The van der Waals surface area contributed by atoms with Crippen LogP contribution in [0.1, 0.15) is 48.7 Å². The molecule has 0 saturated carbocycles. The monoisotopic (exact) mass is 387 g/mol. The number of hydrogen-bond donors (Lipinski definition) is 0. The molecule has 1 amide bonds. The standard InChI is InChI=1S/C17H25NOS4/c19-17(6-2-1-4-14-8-12-22-23-14)18-9-7-16(21-13-10-18)15-5-3-11-20-15/h3,5,11,14,16H,1-2,4,6-10,12-13H2. The van der Waals surface area contributed by atoms with Crippen molar-refractivity contribution in [3.63, 3.8) is 0 Å². The van der Waals surface area contributed by atoms with E-state index in [1.165, 1.54) is 29.9 Å². The van der Waals surface area contributed by atoms with Gasteiger partial charge in [-0.15, -0.1) is 11.3 Å². The summed E-state index contributed by atoms with van der Waals surface area (Å²) >= 11 is 3.87. The van der Waals surface area contributed by atoms with E-state index in [4.69, 9.17) is 0 Å². The molecule has 6 heteroatoms. The van der Waals surface area contributed by atoms with Crippen molar-refractivity contribution in [3.8, 4) is 0 Å². The fourth-order valence-electron chi connectivity index (χ4n) is 3.09. The van der Waals surface area contributed by atoms with E-state index in [-0.39, 0.29) is 0 Å². The Hall–Kier alpha value is 0.220. The second kappa shape index (κ2) is 9.64. The average molecular weight is 388 g/mol. The highest BCUT2D eigenvalue weighted by Gasteiger charge is 2.22. The van der Waals surface area contributed by atoms with Gasteiger partial charge >= 0.3 is 0 Å². The molecular formula is C17H25NOS4. The minimum atomic E-state index is 0.380. The maximum atomic E-state index is 12.5. The van der Waals surface area contributed by atoms with Crippen molar-refractivity contribution in [2.75, 3.05) is 24.6 Å². The van der Waals surface area contributed by atoms with E-state index in [9.17, 15) is 4.79 Å². The molecule has 2 aliphatic heterocycles. The van der Waals surface area contributed by atoms with Crippen LogP contribution >= 0.6 is 44.7 Å². The molecule has 0 bridgehead atoms. The molecule has 128 valence electrons. The van der Waals surface area contributed by atoms with E-state index in [2.05, 4.69) is 33.2 Å². The van der Waals surface area contributed by atoms with Gasteiger partial charge < -0.3 is 4.90 Å². The molecule has 0 N–H and O–H groups in total. The van der Waals surface area contributed by atoms with E-state index < -0.39 is 0 Å². The Kier molecular flexibility index (Phi) is 7.55. The Morgan fingerprint density at radius 1 is 1.22 bits per heavy atom. The molecule has 2 fully saturated rings. The Balaban J connectivity index is 1.36. The molecule has 23 heavy (non-hydrogen) atoms. The second-order valence-electron chi connectivity index (χ2n) is 6.12. The first-order chi connectivity index (χ1) is 11.3. The van der Waals surface area contributed by atoms with E-state index in [1.54, 1.807) is 0 Å². The van der Waals surface area contributed by atoms with Gasteiger partial charge in [0.25, 0.3) is 0 Å². The van der Waals surface area contributed by atoms with Crippen LogP contribution in [-0.2, 0) is 4.79 Å². The number of thioether (sulfide) groups is 1. The minimum absolute atomic E-state index is 0.380. The number of amides is 1. The van der Waals surface area contributed by atoms with E-state index >= 15 is 0 Å². The van der Waals surface area contributed by atoms with Crippen LogP contribution < -0.4 is 0 Å². The molecule has 2 nitrogen and oxygen atoms in total. The first-order valence-electron chi connectivity index (χ1n) is 8.54. The fourth-order valence-corrected chi connectivity index (χ4v) is 8.36. The lowest BCUT2D eigenvalue weighted by atomic mass is 10.1. The summed E-state index contributed by atoms with van der Waals surface area (Å²) in [5, 5.41) is 3.59. The van der Waals surface area contributed by atoms with Crippen molar-refractivity contribution in [2.45, 2.75) is 49.0 Å². The third kappa shape index (κ3) is 5.62. The first-order valence-corrected chi connectivity index (χ1v) is 12.8. The maximum Gasteiger partial charge on any atom is 0.222 e. The number of unbranched alkanes of at least 4 members (excludes halogenated alkanes) is 1. The fraction of sp³-hybridized carbons (Fsp3) is 0.706. The molecule has 3 rings (SSSR count). The summed E-state index contributed by atoms with van der Waals surface area (Å²) < 4.78 is 0. The van der Waals surface area contributed by atoms with Gasteiger partial charge in [-0.1, -0.05) is 34.1 Å². The van der Waals surface area contributed by atoms with Crippen LogP contribution in [0.25, 0.3) is 0 Å². The molecule has 2 atom stereocenters. The molecule has 0 aromatic carbocycles. The SMILES string of the molecule is O=C(CCCCC1CCSS1)N1CCSC(c2cccs2)CC1. The van der Waals surface area contributed by atoms with E-state index in [1.807, 2.05) is 33.9 Å². The molecule has 2 unspecified atom stereocenters. The molecular weight excluding hydrogens is 362 g/mol. The lowest BCUT2D eigenvalue weighted by Gasteiger charge is -2.20. The van der Waals surface area contributed by atoms with Gasteiger partial charge in [0.1, 0.15) is 0 Å². The smallest absolute Gasteiger partial charge is 0.222 e. The zero-order chi connectivity index (χ0) is 15.9. The Bertz CT molecular complexity index is 473. The van der Waals surface area contributed by atoms with E-state index in [0.29, 0.717) is 11.2 Å². The van der Waals surface area contributed by atoms with Crippen molar-refractivity contribution >= 4 is 50.6 Å². The van der Waals surface area contributed by atoms with Crippen molar-refractivity contribution in [1.82, 2.24) is 4.90 Å². The van der Waals surface area contributed by atoms with Crippen LogP contribution in [0.4, 0.5) is 0 Å². The maximum absolute atomic E-state index is 12.5. The van der Waals surface area contributed by atoms with Crippen LogP contribution in [0, 0.1) is 0 Å². The van der Waals surface area contributed by atoms with Crippen LogP contribution in [0.15, 0.2) is 17.5 Å². The number of thiophene rings is 1. The Morgan fingerprint density at radius 3 is 2.96 bits per heavy atom. The molecule has 0 aliphatic carbocycles. The Morgan fingerprint density at radius 2 is 2.17 bits per heavy atom. The van der Waals surface area contributed by atoms with Crippen LogP contribution in [0.2, 0.25) is 0 Å².